The summed E-state index contributed by atoms with van der Waals surface area (Å²) >= 11 is 0. The van der Waals surface area contributed by atoms with Crippen molar-refractivity contribution in [3.63, 3.8) is 0 Å². The van der Waals surface area contributed by atoms with Crippen molar-refractivity contribution in [3.05, 3.63) is 46.6 Å². The van der Waals surface area contributed by atoms with Crippen LogP contribution in [0.3, 0.4) is 0 Å². The molecule has 0 heteroatoms. The van der Waals surface area contributed by atoms with E-state index in [0.29, 0.717) is 0 Å². The predicted molar refractivity (Wildman–Crippen MR) is 43.7 cm³/mol. The van der Waals surface area contributed by atoms with Crippen LogP contribution in [0.25, 0.3) is 0 Å². The standard InChI is InChI=1S/C10H10/c1-7-3-5-10-8(2)4-6-9(7)10/h3-6H,1-2H3. The van der Waals surface area contributed by atoms with Gasteiger partial charge >= 0.3 is 0 Å². The molecule has 0 aromatic rings. The first-order valence-electron chi connectivity index (χ1n) is 3.57. The largest absolute Gasteiger partial charge is 0.0581 e. The molecular weight excluding hydrogens is 120 g/mol. The zero-order valence-corrected chi connectivity index (χ0v) is 6.31. The van der Waals surface area contributed by atoms with E-state index in [0.717, 1.165) is 0 Å². The van der Waals surface area contributed by atoms with Gasteiger partial charge in [-0.1, -0.05) is 24.3 Å². The van der Waals surface area contributed by atoms with Crippen molar-refractivity contribution in [2.75, 3.05) is 0 Å². The van der Waals surface area contributed by atoms with E-state index in [1.807, 2.05) is 0 Å². The van der Waals surface area contributed by atoms with E-state index in [2.05, 4.69) is 38.2 Å². The summed E-state index contributed by atoms with van der Waals surface area (Å²) in [4.78, 5) is 0. The van der Waals surface area contributed by atoms with Crippen LogP contribution in [0.15, 0.2) is 46.6 Å². The second-order valence-corrected chi connectivity index (χ2v) is 2.86. The van der Waals surface area contributed by atoms with Crippen LogP contribution in [0.4, 0.5) is 0 Å². The Morgan fingerprint density at radius 1 is 0.700 bits per heavy atom. The lowest BCUT2D eigenvalue weighted by Gasteiger charge is -1.99. The molecule has 0 heterocycles. The van der Waals surface area contributed by atoms with Gasteiger partial charge in [0.2, 0.25) is 0 Å². The quantitative estimate of drug-likeness (QED) is 0.473. The predicted octanol–water partition coefficient (Wildman–Crippen LogP) is 2.76. The summed E-state index contributed by atoms with van der Waals surface area (Å²) < 4.78 is 0. The second-order valence-electron chi connectivity index (χ2n) is 2.86. The highest BCUT2D eigenvalue weighted by molar-refractivity contribution is 5.66. The summed E-state index contributed by atoms with van der Waals surface area (Å²) in [6.45, 7) is 4.31. The SMILES string of the molecule is CC1=CC=C2C(C)=CC=C12. The third-order valence-electron chi connectivity index (χ3n) is 2.14. The van der Waals surface area contributed by atoms with Gasteiger partial charge in [0.25, 0.3) is 0 Å². The molecule has 0 aromatic carbocycles. The topological polar surface area (TPSA) is 0 Å². The number of fused-ring (bicyclic) bond motifs is 1. The van der Waals surface area contributed by atoms with Crippen LogP contribution in [-0.4, -0.2) is 0 Å². The van der Waals surface area contributed by atoms with Crippen molar-refractivity contribution in [1.82, 2.24) is 0 Å². The maximum Gasteiger partial charge on any atom is -0.0152 e. The van der Waals surface area contributed by atoms with Crippen molar-refractivity contribution in [3.8, 4) is 0 Å². The third kappa shape index (κ3) is 0.563. The molecule has 0 N–H and O–H groups in total. The van der Waals surface area contributed by atoms with Crippen molar-refractivity contribution >= 4 is 0 Å². The molecule has 0 saturated carbocycles. The van der Waals surface area contributed by atoms with Crippen LogP contribution in [0.2, 0.25) is 0 Å². The van der Waals surface area contributed by atoms with Gasteiger partial charge in [0.15, 0.2) is 0 Å². The van der Waals surface area contributed by atoms with E-state index < -0.39 is 0 Å². The first-order valence-corrected chi connectivity index (χ1v) is 3.57. The van der Waals surface area contributed by atoms with Gasteiger partial charge in [-0.05, 0) is 36.1 Å². The first kappa shape index (κ1) is 5.72. The minimum Gasteiger partial charge on any atom is -0.0581 e. The Balaban J connectivity index is 2.49. The number of hydrogen-bond donors (Lipinski definition) is 0. The van der Waals surface area contributed by atoms with E-state index in [-0.39, 0.29) is 0 Å². The van der Waals surface area contributed by atoms with E-state index in [1.54, 1.807) is 0 Å². The summed E-state index contributed by atoms with van der Waals surface area (Å²) in [5.74, 6) is 0. The molecule has 0 aromatic heterocycles. The molecule has 0 nitrogen and oxygen atoms in total. The zero-order chi connectivity index (χ0) is 7.14. The molecule has 50 valence electrons. The fourth-order valence-corrected chi connectivity index (χ4v) is 1.46. The maximum absolute atomic E-state index is 2.19. The molecular formula is C10H10. The fraction of sp³-hybridized carbons (Fsp3) is 0.200. The highest BCUT2D eigenvalue weighted by atomic mass is 14.2. The Morgan fingerprint density at radius 2 is 1.10 bits per heavy atom. The minimum absolute atomic E-state index is 1.39. The number of hydrogen-bond acceptors (Lipinski definition) is 0. The second kappa shape index (κ2) is 1.72. The van der Waals surface area contributed by atoms with Crippen LogP contribution in [0, 0.1) is 0 Å². The third-order valence-corrected chi connectivity index (χ3v) is 2.14. The van der Waals surface area contributed by atoms with E-state index >= 15 is 0 Å². The number of rotatable bonds is 0. The van der Waals surface area contributed by atoms with Crippen LogP contribution >= 0.6 is 0 Å². The van der Waals surface area contributed by atoms with E-state index in [4.69, 9.17) is 0 Å². The summed E-state index contributed by atoms with van der Waals surface area (Å²) in [6, 6.07) is 0. The van der Waals surface area contributed by atoms with Gasteiger partial charge in [0.05, 0.1) is 0 Å². The monoisotopic (exact) mass is 130 g/mol. The molecule has 0 spiro atoms. The molecule has 0 atom stereocenters. The smallest absolute Gasteiger partial charge is 0.0152 e. The number of allylic oxidation sites excluding steroid dienone is 8. The van der Waals surface area contributed by atoms with E-state index in [9.17, 15) is 0 Å². The molecule has 0 saturated heterocycles. The molecule has 2 rings (SSSR count). The van der Waals surface area contributed by atoms with Crippen molar-refractivity contribution < 1.29 is 0 Å². The molecule has 0 bridgehead atoms. The summed E-state index contributed by atoms with van der Waals surface area (Å²) in [5, 5.41) is 0. The van der Waals surface area contributed by atoms with Crippen LogP contribution in [0.1, 0.15) is 13.8 Å². The van der Waals surface area contributed by atoms with Gasteiger partial charge < -0.3 is 0 Å². The molecule has 2 aliphatic rings. The lowest BCUT2D eigenvalue weighted by Crippen LogP contribution is -1.80. The molecule has 2 aliphatic carbocycles. The van der Waals surface area contributed by atoms with Gasteiger partial charge in [-0.2, -0.15) is 0 Å². The van der Waals surface area contributed by atoms with Crippen molar-refractivity contribution in [2.45, 2.75) is 13.8 Å². The fourth-order valence-electron chi connectivity index (χ4n) is 1.46. The zero-order valence-electron chi connectivity index (χ0n) is 6.31. The molecule has 0 aliphatic heterocycles. The average Bonchev–Trinajstić information content (AvgIpc) is 2.41. The van der Waals surface area contributed by atoms with Crippen molar-refractivity contribution in [2.24, 2.45) is 0 Å². The molecule has 0 radical (unpaired) electrons. The summed E-state index contributed by atoms with van der Waals surface area (Å²) in [6.07, 6.45) is 8.75. The lowest BCUT2D eigenvalue weighted by molar-refractivity contribution is 1.40. The van der Waals surface area contributed by atoms with Crippen molar-refractivity contribution in [1.29, 1.82) is 0 Å². The van der Waals surface area contributed by atoms with E-state index in [1.165, 1.54) is 22.3 Å². The molecule has 0 amide bonds. The van der Waals surface area contributed by atoms with Gasteiger partial charge in [-0.25, -0.2) is 0 Å². The maximum atomic E-state index is 2.19. The Bertz CT molecular complexity index is 264. The normalized spacial score (nSPS) is 21.4. The molecule has 0 fully saturated rings. The average molecular weight is 130 g/mol. The Kier molecular flexibility index (Phi) is 0.986. The van der Waals surface area contributed by atoms with Crippen LogP contribution < -0.4 is 0 Å². The highest BCUT2D eigenvalue weighted by Crippen LogP contribution is 2.34. The molecule has 0 unspecified atom stereocenters. The Hall–Kier alpha value is -1.04. The summed E-state index contributed by atoms with van der Waals surface area (Å²) in [7, 11) is 0. The Morgan fingerprint density at radius 3 is 1.50 bits per heavy atom. The van der Waals surface area contributed by atoms with Gasteiger partial charge in [-0.15, -0.1) is 0 Å². The van der Waals surface area contributed by atoms with Crippen LogP contribution in [0.5, 0.6) is 0 Å². The Labute approximate surface area is 61.3 Å². The molecule has 10 heavy (non-hydrogen) atoms. The van der Waals surface area contributed by atoms with Gasteiger partial charge in [-0.3, -0.25) is 0 Å². The van der Waals surface area contributed by atoms with Crippen LogP contribution in [-0.2, 0) is 0 Å². The van der Waals surface area contributed by atoms with Gasteiger partial charge in [0, 0.05) is 0 Å². The summed E-state index contributed by atoms with van der Waals surface area (Å²) in [5.41, 5.74) is 5.61. The highest BCUT2D eigenvalue weighted by Gasteiger charge is 2.16. The minimum atomic E-state index is 1.39. The lowest BCUT2D eigenvalue weighted by atomic mass is 10.1. The van der Waals surface area contributed by atoms with Gasteiger partial charge in [0.1, 0.15) is 0 Å². The first-order chi connectivity index (χ1) is 4.79.